The van der Waals surface area contributed by atoms with Crippen LogP contribution in [-0.4, -0.2) is 11.5 Å². The molecule has 0 bridgehead atoms. The van der Waals surface area contributed by atoms with Crippen LogP contribution in [0.15, 0.2) is 18.2 Å². The van der Waals surface area contributed by atoms with E-state index in [1.165, 1.54) is 12.1 Å². The molecule has 0 radical (unpaired) electrons. The van der Waals surface area contributed by atoms with Gasteiger partial charge in [0.2, 0.25) is 0 Å². The number of benzene rings is 1. The average Bonchev–Trinajstić information content (AvgIpc) is 2.34. The highest BCUT2D eigenvalue weighted by atomic mass is 16.6. The van der Waals surface area contributed by atoms with Crippen molar-refractivity contribution in [1.29, 1.82) is 0 Å². The molecule has 5 heteroatoms. The Hall–Kier alpha value is -2.06. The van der Waals surface area contributed by atoms with Gasteiger partial charge in [0.15, 0.2) is 0 Å². The molecule has 0 aromatic heterocycles. The fraction of sp³-hybridized carbons (Fsp3) is 0.333. The number of rotatable bonds is 5. The van der Waals surface area contributed by atoms with E-state index in [0.29, 0.717) is 24.3 Å². The molecule has 0 atom stereocenters. The Morgan fingerprint density at radius 1 is 1.53 bits per heavy atom. The van der Waals surface area contributed by atoms with Crippen LogP contribution in [0.5, 0.6) is 5.75 Å². The predicted molar refractivity (Wildman–Crippen MR) is 64.5 cm³/mol. The lowest BCUT2D eigenvalue weighted by Gasteiger charge is -2.08. The third kappa shape index (κ3) is 3.78. The van der Waals surface area contributed by atoms with Gasteiger partial charge in [0.05, 0.1) is 11.5 Å². The first-order valence-corrected chi connectivity index (χ1v) is 5.18. The van der Waals surface area contributed by atoms with Gasteiger partial charge >= 0.3 is 0 Å². The Labute approximate surface area is 99.7 Å². The monoisotopic (exact) mass is 234 g/mol. The minimum Gasteiger partial charge on any atom is -0.492 e. The van der Waals surface area contributed by atoms with E-state index in [4.69, 9.17) is 10.5 Å². The van der Waals surface area contributed by atoms with Crippen LogP contribution in [0, 0.1) is 22.0 Å². The van der Waals surface area contributed by atoms with Crippen molar-refractivity contribution in [2.24, 2.45) is 5.73 Å². The van der Waals surface area contributed by atoms with Gasteiger partial charge < -0.3 is 10.5 Å². The number of non-ortho nitro benzene ring substituents is 1. The quantitative estimate of drug-likeness (QED) is 0.365. The molecule has 17 heavy (non-hydrogen) atoms. The number of hydrogen-bond donors (Lipinski definition) is 1. The lowest BCUT2D eigenvalue weighted by Crippen LogP contribution is -2.04. The van der Waals surface area contributed by atoms with Gasteiger partial charge in [-0.2, -0.15) is 0 Å². The summed E-state index contributed by atoms with van der Waals surface area (Å²) in [6, 6.07) is 4.40. The molecule has 0 unspecified atom stereocenters. The highest BCUT2D eigenvalue weighted by Gasteiger charge is 2.10. The first kappa shape index (κ1) is 13.0. The summed E-state index contributed by atoms with van der Waals surface area (Å²) in [6.07, 6.45) is 0.623. The predicted octanol–water partition coefficient (Wildman–Crippen LogP) is 1.85. The zero-order valence-corrected chi connectivity index (χ0v) is 9.60. The smallest absolute Gasteiger partial charge is 0.270 e. The molecule has 2 N–H and O–H groups in total. The molecule has 0 aliphatic heterocycles. The molecule has 90 valence electrons. The van der Waals surface area contributed by atoms with E-state index in [1.54, 1.807) is 13.0 Å². The van der Waals surface area contributed by atoms with Gasteiger partial charge in [-0.15, -0.1) is 11.8 Å². The summed E-state index contributed by atoms with van der Waals surface area (Å²) >= 11 is 0. The van der Waals surface area contributed by atoms with Crippen LogP contribution >= 0.6 is 0 Å². The molecule has 1 aromatic carbocycles. The molecule has 0 saturated heterocycles. The summed E-state index contributed by atoms with van der Waals surface area (Å²) in [5.41, 5.74) is 6.17. The molecule has 1 aromatic rings. The Morgan fingerprint density at radius 3 is 2.88 bits per heavy atom. The molecule has 0 heterocycles. The van der Waals surface area contributed by atoms with E-state index >= 15 is 0 Å². The second-order valence-electron chi connectivity index (χ2n) is 3.28. The summed E-state index contributed by atoms with van der Waals surface area (Å²) in [5.74, 6) is 6.21. The summed E-state index contributed by atoms with van der Waals surface area (Å²) in [6.45, 7) is 2.42. The minimum atomic E-state index is -0.453. The number of hydrogen-bond acceptors (Lipinski definition) is 4. The second kappa shape index (κ2) is 6.51. The molecule has 0 saturated carbocycles. The molecular formula is C12H14N2O3. The zero-order valence-electron chi connectivity index (χ0n) is 9.60. The van der Waals surface area contributed by atoms with E-state index in [9.17, 15) is 10.1 Å². The largest absolute Gasteiger partial charge is 0.492 e. The Kier molecular flexibility index (Phi) is 4.98. The Bertz CT molecular complexity index is 461. The number of nitrogens with zero attached hydrogens (tertiary/aromatic N) is 1. The Morgan fingerprint density at radius 2 is 2.29 bits per heavy atom. The molecule has 5 nitrogen and oxygen atoms in total. The molecule has 0 aliphatic rings. The van der Waals surface area contributed by atoms with Crippen molar-refractivity contribution in [2.75, 3.05) is 6.61 Å². The standard InChI is InChI=1S/C12H14N2O3/c1-2-3-4-7-17-12-6-5-11(14(15)16)8-10(12)9-13/h5-6,8H,4,7,9,13H2,1H3. The molecule has 0 amide bonds. The van der Waals surface area contributed by atoms with Gasteiger partial charge in [-0.3, -0.25) is 10.1 Å². The molecule has 0 fully saturated rings. The summed E-state index contributed by atoms with van der Waals surface area (Å²) in [4.78, 5) is 10.1. The van der Waals surface area contributed by atoms with E-state index in [0.717, 1.165) is 0 Å². The maximum Gasteiger partial charge on any atom is 0.270 e. The highest BCUT2D eigenvalue weighted by molar-refractivity contribution is 5.43. The van der Waals surface area contributed by atoms with E-state index in [-0.39, 0.29) is 12.2 Å². The van der Waals surface area contributed by atoms with E-state index in [2.05, 4.69) is 11.8 Å². The van der Waals surface area contributed by atoms with Crippen molar-refractivity contribution in [2.45, 2.75) is 19.9 Å². The normalized spacial score (nSPS) is 9.29. The van der Waals surface area contributed by atoms with Crippen LogP contribution in [-0.2, 0) is 6.54 Å². The van der Waals surface area contributed by atoms with Gasteiger partial charge in [-0.1, -0.05) is 0 Å². The van der Waals surface area contributed by atoms with Crippen molar-refractivity contribution >= 4 is 5.69 Å². The van der Waals surface area contributed by atoms with Gasteiger partial charge in [0.25, 0.3) is 5.69 Å². The van der Waals surface area contributed by atoms with Crippen LogP contribution in [0.1, 0.15) is 18.9 Å². The SMILES string of the molecule is CC#CCCOc1ccc([N+](=O)[O-])cc1CN. The average molecular weight is 234 g/mol. The maximum absolute atomic E-state index is 10.6. The van der Waals surface area contributed by atoms with Crippen LogP contribution in [0.3, 0.4) is 0 Å². The molecule has 0 aliphatic carbocycles. The van der Waals surface area contributed by atoms with Crippen LogP contribution in [0.4, 0.5) is 5.69 Å². The number of nitro groups is 1. The summed E-state index contributed by atoms with van der Waals surface area (Å²) in [5, 5.41) is 10.6. The first-order chi connectivity index (χ1) is 8.19. The minimum absolute atomic E-state index is 0.0196. The van der Waals surface area contributed by atoms with Crippen molar-refractivity contribution in [1.82, 2.24) is 0 Å². The van der Waals surface area contributed by atoms with Crippen molar-refractivity contribution in [3.63, 3.8) is 0 Å². The number of ether oxygens (including phenoxy) is 1. The lowest BCUT2D eigenvalue weighted by molar-refractivity contribution is -0.384. The summed E-state index contributed by atoms with van der Waals surface area (Å²) in [7, 11) is 0. The van der Waals surface area contributed by atoms with Crippen LogP contribution in [0.2, 0.25) is 0 Å². The van der Waals surface area contributed by atoms with Gasteiger partial charge in [0.1, 0.15) is 5.75 Å². The van der Waals surface area contributed by atoms with Crippen molar-refractivity contribution < 1.29 is 9.66 Å². The number of nitro benzene ring substituents is 1. The molecule has 0 spiro atoms. The van der Waals surface area contributed by atoms with Gasteiger partial charge in [-0.05, 0) is 13.0 Å². The number of nitrogens with two attached hydrogens (primary N) is 1. The van der Waals surface area contributed by atoms with Gasteiger partial charge in [-0.25, -0.2) is 0 Å². The zero-order chi connectivity index (χ0) is 12.7. The molecule has 1 rings (SSSR count). The second-order valence-corrected chi connectivity index (χ2v) is 3.28. The lowest BCUT2D eigenvalue weighted by atomic mass is 10.2. The maximum atomic E-state index is 10.6. The Balaban J connectivity index is 2.77. The third-order valence-corrected chi connectivity index (χ3v) is 2.14. The van der Waals surface area contributed by atoms with Crippen molar-refractivity contribution in [3.8, 4) is 17.6 Å². The topological polar surface area (TPSA) is 78.4 Å². The molecular weight excluding hydrogens is 220 g/mol. The van der Waals surface area contributed by atoms with Crippen LogP contribution < -0.4 is 10.5 Å². The van der Waals surface area contributed by atoms with Crippen LogP contribution in [0.25, 0.3) is 0 Å². The van der Waals surface area contributed by atoms with E-state index in [1.807, 2.05) is 0 Å². The van der Waals surface area contributed by atoms with E-state index < -0.39 is 4.92 Å². The van der Waals surface area contributed by atoms with Crippen molar-refractivity contribution in [3.05, 3.63) is 33.9 Å². The fourth-order valence-electron chi connectivity index (χ4n) is 1.32. The third-order valence-electron chi connectivity index (χ3n) is 2.14. The fourth-order valence-corrected chi connectivity index (χ4v) is 1.32. The highest BCUT2D eigenvalue weighted by Crippen LogP contribution is 2.23. The first-order valence-electron chi connectivity index (χ1n) is 5.18. The van der Waals surface area contributed by atoms with Gasteiger partial charge in [0, 0.05) is 30.7 Å². The summed E-state index contributed by atoms with van der Waals surface area (Å²) < 4.78 is 5.46.